The molecule has 0 aliphatic heterocycles. The summed E-state index contributed by atoms with van der Waals surface area (Å²) in [6, 6.07) is 13.9. The van der Waals surface area contributed by atoms with Crippen molar-refractivity contribution in [2.75, 3.05) is 11.9 Å². The number of hydrogen-bond acceptors (Lipinski definition) is 3. The number of halogens is 1. The third-order valence-corrected chi connectivity index (χ3v) is 6.00. The van der Waals surface area contributed by atoms with Gasteiger partial charge in [0.15, 0.2) is 0 Å². The molecule has 35 heavy (non-hydrogen) atoms. The van der Waals surface area contributed by atoms with Crippen LogP contribution >= 0.6 is 11.6 Å². The Morgan fingerprint density at radius 2 is 1.43 bits per heavy atom. The lowest BCUT2D eigenvalue weighted by atomic mass is 10.1. The van der Waals surface area contributed by atoms with Crippen LogP contribution in [-0.2, 0) is 4.79 Å². The lowest BCUT2D eigenvalue weighted by Gasteiger charge is -2.10. The highest BCUT2D eigenvalue weighted by molar-refractivity contribution is 6.30. The van der Waals surface area contributed by atoms with Gasteiger partial charge in [-0.15, -0.1) is 0 Å². The van der Waals surface area contributed by atoms with Crippen LogP contribution in [0.1, 0.15) is 87.1 Å². The van der Waals surface area contributed by atoms with Gasteiger partial charge in [0.25, 0.3) is 5.91 Å². The third kappa shape index (κ3) is 12.3. The number of benzene rings is 2. The molecule has 0 fully saturated rings. The quantitative estimate of drug-likeness (QED) is 0.185. The number of rotatable bonds is 15. The molecule has 6 heteroatoms. The molecule has 0 heterocycles. The normalized spacial score (nSPS) is 11.3. The van der Waals surface area contributed by atoms with Gasteiger partial charge in [-0.3, -0.25) is 9.59 Å². The van der Waals surface area contributed by atoms with Gasteiger partial charge in [0, 0.05) is 34.8 Å². The van der Waals surface area contributed by atoms with E-state index in [0.717, 1.165) is 35.7 Å². The highest BCUT2D eigenvalue weighted by Crippen LogP contribution is 2.13. The van der Waals surface area contributed by atoms with E-state index in [1.54, 1.807) is 12.1 Å². The van der Waals surface area contributed by atoms with E-state index < -0.39 is 12.0 Å². The Kier molecular flexibility index (Phi) is 13.4. The SMILES string of the molecule is CC(NC(=O)c1ccc(NCCCCCCCCCCCC#Cc2ccc(Cl)cc2)cc1)C(=O)O. The Labute approximate surface area is 214 Å². The Balaban J connectivity index is 1.42. The number of hydrogen-bond donors (Lipinski definition) is 3. The summed E-state index contributed by atoms with van der Waals surface area (Å²) in [4.78, 5) is 22.8. The number of aliphatic carboxylic acids is 1. The van der Waals surface area contributed by atoms with Gasteiger partial charge in [-0.2, -0.15) is 0 Å². The minimum atomic E-state index is -1.05. The molecule has 0 bridgehead atoms. The van der Waals surface area contributed by atoms with Crippen molar-refractivity contribution in [1.29, 1.82) is 0 Å². The molecule has 0 aliphatic carbocycles. The van der Waals surface area contributed by atoms with Gasteiger partial charge in [0.2, 0.25) is 0 Å². The van der Waals surface area contributed by atoms with E-state index in [1.807, 2.05) is 36.4 Å². The second-order valence-electron chi connectivity index (χ2n) is 8.78. The predicted octanol–water partition coefficient (Wildman–Crippen LogP) is 6.91. The van der Waals surface area contributed by atoms with Crippen LogP contribution in [-0.4, -0.2) is 29.6 Å². The minimum absolute atomic E-state index is 0.380. The summed E-state index contributed by atoms with van der Waals surface area (Å²) < 4.78 is 0. The Bertz CT molecular complexity index is 962. The van der Waals surface area contributed by atoms with Crippen molar-refractivity contribution in [3.05, 3.63) is 64.7 Å². The first-order valence-electron chi connectivity index (χ1n) is 12.6. The van der Waals surface area contributed by atoms with E-state index in [-0.39, 0.29) is 5.91 Å². The number of unbranched alkanes of at least 4 members (excludes halogenated alkanes) is 9. The van der Waals surface area contributed by atoms with Gasteiger partial charge in [-0.05, 0) is 68.3 Å². The summed E-state index contributed by atoms with van der Waals surface area (Å²) in [5.74, 6) is 5.00. The minimum Gasteiger partial charge on any atom is -0.480 e. The van der Waals surface area contributed by atoms with Crippen LogP contribution in [0.2, 0.25) is 5.02 Å². The third-order valence-electron chi connectivity index (χ3n) is 5.75. The second-order valence-corrected chi connectivity index (χ2v) is 9.21. The van der Waals surface area contributed by atoms with E-state index in [4.69, 9.17) is 16.7 Å². The average Bonchev–Trinajstić information content (AvgIpc) is 2.85. The first kappa shape index (κ1) is 28.3. The van der Waals surface area contributed by atoms with Gasteiger partial charge in [-0.25, -0.2) is 0 Å². The summed E-state index contributed by atoms with van der Waals surface area (Å²) >= 11 is 5.88. The van der Waals surface area contributed by atoms with Crippen LogP contribution in [0, 0.1) is 11.8 Å². The van der Waals surface area contributed by atoms with Gasteiger partial charge in [0.1, 0.15) is 6.04 Å². The molecule has 0 aliphatic rings. The number of anilines is 1. The number of carbonyl (C=O) groups is 2. The van der Waals surface area contributed by atoms with Crippen molar-refractivity contribution in [1.82, 2.24) is 5.32 Å². The zero-order valence-electron chi connectivity index (χ0n) is 20.6. The van der Waals surface area contributed by atoms with Crippen LogP contribution in [0.5, 0.6) is 0 Å². The number of nitrogens with one attached hydrogen (secondary N) is 2. The molecule has 0 aromatic heterocycles. The van der Waals surface area contributed by atoms with Crippen LogP contribution in [0.15, 0.2) is 48.5 Å². The van der Waals surface area contributed by atoms with Crippen molar-refractivity contribution < 1.29 is 14.7 Å². The molecule has 188 valence electrons. The van der Waals surface area contributed by atoms with E-state index in [0.29, 0.717) is 5.56 Å². The fourth-order valence-corrected chi connectivity index (χ4v) is 3.71. The number of carboxylic acid groups (broad SMARTS) is 1. The van der Waals surface area contributed by atoms with Crippen LogP contribution in [0.3, 0.4) is 0 Å². The molecule has 1 unspecified atom stereocenters. The van der Waals surface area contributed by atoms with Crippen molar-refractivity contribution >= 4 is 29.2 Å². The summed E-state index contributed by atoms with van der Waals surface area (Å²) in [7, 11) is 0. The molecule has 0 spiro atoms. The van der Waals surface area contributed by atoms with Gasteiger partial charge in [0.05, 0.1) is 0 Å². The highest BCUT2D eigenvalue weighted by atomic mass is 35.5. The molecule has 2 aromatic carbocycles. The number of carbonyl (C=O) groups excluding carboxylic acids is 1. The van der Waals surface area contributed by atoms with Gasteiger partial charge >= 0.3 is 5.97 Å². The molecule has 2 rings (SSSR count). The van der Waals surface area contributed by atoms with Gasteiger partial charge in [-0.1, -0.05) is 68.4 Å². The Morgan fingerprint density at radius 1 is 0.857 bits per heavy atom. The topological polar surface area (TPSA) is 78.4 Å². The highest BCUT2D eigenvalue weighted by Gasteiger charge is 2.14. The average molecular weight is 497 g/mol. The first-order valence-corrected chi connectivity index (χ1v) is 13.0. The van der Waals surface area contributed by atoms with Crippen LogP contribution in [0.4, 0.5) is 5.69 Å². The predicted molar refractivity (Wildman–Crippen MR) is 144 cm³/mol. The van der Waals surface area contributed by atoms with Crippen molar-refractivity contribution in [3.63, 3.8) is 0 Å². The van der Waals surface area contributed by atoms with E-state index in [2.05, 4.69) is 22.5 Å². The smallest absolute Gasteiger partial charge is 0.325 e. The molecule has 1 atom stereocenters. The molecule has 0 radical (unpaired) electrons. The maximum atomic E-state index is 12.0. The first-order chi connectivity index (χ1) is 17.0. The fraction of sp³-hybridized carbons (Fsp3) is 0.448. The maximum absolute atomic E-state index is 12.0. The van der Waals surface area contributed by atoms with E-state index in [9.17, 15) is 9.59 Å². The lowest BCUT2D eigenvalue weighted by Crippen LogP contribution is -2.38. The summed E-state index contributed by atoms with van der Waals surface area (Å²) in [5, 5.41) is 15.4. The molecular formula is C29H37ClN2O3. The van der Waals surface area contributed by atoms with Crippen LogP contribution in [0.25, 0.3) is 0 Å². The molecule has 2 aromatic rings. The zero-order chi connectivity index (χ0) is 25.3. The lowest BCUT2D eigenvalue weighted by molar-refractivity contribution is -0.138. The molecular weight excluding hydrogens is 460 g/mol. The Hall–Kier alpha value is -2.97. The molecule has 1 amide bonds. The van der Waals surface area contributed by atoms with Crippen molar-refractivity contribution in [2.45, 2.75) is 77.2 Å². The summed E-state index contributed by atoms with van der Waals surface area (Å²) in [6.45, 7) is 2.34. The van der Waals surface area contributed by atoms with E-state index >= 15 is 0 Å². The Morgan fingerprint density at radius 3 is 2.03 bits per heavy atom. The molecule has 0 saturated heterocycles. The molecule has 5 nitrogen and oxygen atoms in total. The number of carboxylic acids is 1. The summed E-state index contributed by atoms with van der Waals surface area (Å²) in [6.07, 6.45) is 12.1. The monoisotopic (exact) mass is 496 g/mol. The van der Waals surface area contributed by atoms with Gasteiger partial charge < -0.3 is 15.7 Å². The summed E-state index contributed by atoms with van der Waals surface area (Å²) in [5.41, 5.74) is 2.44. The molecule has 3 N–H and O–H groups in total. The maximum Gasteiger partial charge on any atom is 0.325 e. The standard InChI is InChI=1S/C29H37ClN2O3/c1-23(29(34)35)32-28(33)25-16-20-27(21-17-25)31-22-12-10-8-6-4-2-3-5-7-9-11-13-24-14-18-26(30)19-15-24/h14-21,23,31H,2-10,12,22H2,1H3,(H,32,33)(H,34,35). The fourth-order valence-electron chi connectivity index (χ4n) is 3.59. The van der Waals surface area contributed by atoms with Crippen molar-refractivity contribution in [3.8, 4) is 11.8 Å². The van der Waals surface area contributed by atoms with Crippen molar-refractivity contribution in [2.24, 2.45) is 0 Å². The molecule has 0 saturated carbocycles. The second kappa shape index (κ2) is 16.6. The largest absolute Gasteiger partial charge is 0.480 e. The van der Waals surface area contributed by atoms with E-state index in [1.165, 1.54) is 58.3 Å². The number of amides is 1. The zero-order valence-corrected chi connectivity index (χ0v) is 21.4. The van der Waals surface area contributed by atoms with Crippen LogP contribution < -0.4 is 10.6 Å².